The SMILES string of the molecule is CCCCCCCCCCCCCCCC(=O)N[C@@H](CC(=O)OCc1ccccc1)C(=O)NCCCCCCCCCCCCCC. The second kappa shape index (κ2) is 32.2. The molecule has 2 N–H and O–H groups in total. The predicted molar refractivity (Wildman–Crippen MR) is 197 cm³/mol. The van der Waals surface area contributed by atoms with Gasteiger partial charge in [-0.3, -0.25) is 14.4 Å². The Morgan fingerprint density at radius 2 is 1.00 bits per heavy atom. The topological polar surface area (TPSA) is 84.5 Å². The van der Waals surface area contributed by atoms with E-state index in [1.54, 1.807) is 0 Å². The van der Waals surface area contributed by atoms with Gasteiger partial charge >= 0.3 is 5.97 Å². The lowest BCUT2D eigenvalue weighted by molar-refractivity contribution is -0.147. The van der Waals surface area contributed by atoms with Crippen molar-refractivity contribution in [3.05, 3.63) is 35.9 Å². The van der Waals surface area contributed by atoms with Crippen molar-refractivity contribution < 1.29 is 19.1 Å². The number of esters is 1. The van der Waals surface area contributed by atoms with Gasteiger partial charge in [-0.2, -0.15) is 0 Å². The second-order valence-electron chi connectivity index (χ2n) is 13.6. The molecule has 0 saturated carbocycles. The Balaban J connectivity index is 2.29. The lowest BCUT2D eigenvalue weighted by atomic mass is 10.0. The van der Waals surface area contributed by atoms with Crippen molar-refractivity contribution in [3.8, 4) is 0 Å². The summed E-state index contributed by atoms with van der Waals surface area (Å²) in [6.07, 6.45) is 31.6. The van der Waals surface area contributed by atoms with Gasteiger partial charge in [0.1, 0.15) is 12.6 Å². The number of unbranched alkanes of at least 4 members (excludes halogenated alkanes) is 23. The summed E-state index contributed by atoms with van der Waals surface area (Å²) in [6.45, 7) is 5.23. The summed E-state index contributed by atoms with van der Waals surface area (Å²) < 4.78 is 5.42. The highest BCUT2D eigenvalue weighted by molar-refractivity contribution is 5.90. The first-order valence-corrected chi connectivity index (χ1v) is 19.8. The molecule has 0 spiro atoms. The first-order valence-electron chi connectivity index (χ1n) is 19.8. The summed E-state index contributed by atoms with van der Waals surface area (Å²) in [5, 5.41) is 5.79. The molecule has 47 heavy (non-hydrogen) atoms. The van der Waals surface area contributed by atoms with Crippen LogP contribution in [0, 0.1) is 0 Å². The monoisotopic (exact) mass is 657 g/mol. The van der Waals surface area contributed by atoms with Crippen LogP contribution in [0.3, 0.4) is 0 Å². The summed E-state index contributed by atoms with van der Waals surface area (Å²) in [5.41, 5.74) is 0.889. The fourth-order valence-corrected chi connectivity index (χ4v) is 6.04. The fraction of sp³-hybridized carbons (Fsp3) is 0.780. The molecule has 1 aromatic rings. The Hall–Kier alpha value is -2.37. The van der Waals surface area contributed by atoms with E-state index in [4.69, 9.17) is 4.74 Å². The average Bonchev–Trinajstić information content (AvgIpc) is 3.08. The van der Waals surface area contributed by atoms with Crippen LogP contribution in [0.4, 0.5) is 0 Å². The van der Waals surface area contributed by atoms with Crippen LogP contribution in [-0.2, 0) is 25.7 Å². The van der Waals surface area contributed by atoms with Gasteiger partial charge in [0.15, 0.2) is 0 Å². The molecule has 0 aliphatic heterocycles. The lowest BCUT2D eigenvalue weighted by Crippen LogP contribution is -2.48. The summed E-state index contributed by atoms with van der Waals surface area (Å²) in [5.74, 6) is -0.960. The Morgan fingerprint density at radius 3 is 1.47 bits per heavy atom. The van der Waals surface area contributed by atoms with E-state index in [1.165, 1.54) is 128 Å². The number of hydrogen-bond acceptors (Lipinski definition) is 4. The molecule has 0 heterocycles. The molecule has 0 unspecified atom stereocenters. The van der Waals surface area contributed by atoms with Gasteiger partial charge < -0.3 is 15.4 Å². The quantitative estimate of drug-likeness (QED) is 0.0582. The molecule has 270 valence electrons. The first kappa shape index (κ1) is 42.7. The molecule has 0 radical (unpaired) electrons. The van der Waals surface area contributed by atoms with Gasteiger partial charge in [0.05, 0.1) is 6.42 Å². The maximum Gasteiger partial charge on any atom is 0.308 e. The van der Waals surface area contributed by atoms with Gasteiger partial charge in [0, 0.05) is 13.0 Å². The average molecular weight is 657 g/mol. The molecule has 0 aromatic heterocycles. The van der Waals surface area contributed by atoms with Crippen LogP contribution in [0.15, 0.2) is 30.3 Å². The number of ether oxygens (including phenoxy) is 1. The fourth-order valence-electron chi connectivity index (χ4n) is 6.04. The van der Waals surface area contributed by atoms with E-state index in [1.807, 2.05) is 30.3 Å². The third kappa shape index (κ3) is 27.3. The Bertz CT molecular complexity index is 875. The zero-order valence-corrected chi connectivity index (χ0v) is 30.6. The van der Waals surface area contributed by atoms with Crippen LogP contribution in [0.1, 0.15) is 193 Å². The molecular weight excluding hydrogens is 584 g/mol. The third-order valence-electron chi connectivity index (χ3n) is 9.10. The van der Waals surface area contributed by atoms with Gasteiger partial charge in [-0.25, -0.2) is 0 Å². The third-order valence-corrected chi connectivity index (χ3v) is 9.10. The van der Waals surface area contributed by atoms with Crippen molar-refractivity contribution in [1.82, 2.24) is 10.6 Å². The number of carbonyl (C=O) groups is 3. The van der Waals surface area contributed by atoms with Crippen molar-refractivity contribution in [2.75, 3.05) is 6.54 Å². The number of amides is 2. The number of rotatable bonds is 33. The minimum atomic E-state index is -0.912. The molecule has 6 nitrogen and oxygen atoms in total. The van der Waals surface area contributed by atoms with E-state index in [0.717, 1.165) is 37.7 Å². The normalized spacial score (nSPS) is 11.7. The van der Waals surface area contributed by atoms with Gasteiger partial charge in [0.2, 0.25) is 11.8 Å². The zero-order valence-electron chi connectivity index (χ0n) is 30.6. The summed E-state index contributed by atoms with van der Waals surface area (Å²) in [6, 6.07) is 8.57. The number of carbonyl (C=O) groups excluding carboxylic acids is 3. The van der Waals surface area contributed by atoms with E-state index < -0.39 is 12.0 Å². The van der Waals surface area contributed by atoms with E-state index in [0.29, 0.717) is 13.0 Å². The summed E-state index contributed by atoms with van der Waals surface area (Å²) >= 11 is 0. The van der Waals surface area contributed by atoms with Crippen LogP contribution in [0.5, 0.6) is 0 Å². The summed E-state index contributed by atoms with van der Waals surface area (Å²) in [7, 11) is 0. The first-order chi connectivity index (χ1) is 23.1. The molecule has 2 amide bonds. The molecule has 1 atom stereocenters. The van der Waals surface area contributed by atoms with Crippen molar-refractivity contribution in [2.24, 2.45) is 0 Å². The molecule has 0 aliphatic rings. The van der Waals surface area contributed by atoms with E-state index >= 15 is 0 Å². The molecule has 0 fully saturated rings. The van der Waals surface area contributed by atoms with Gasteiger partial charge in [0.25, 0.3) is 0 Å². The number of benzene rings is 1. The maximum absolute atomic E-state index is 13.0. The van der Waals surface area contributed by atoms with Crippen molar-refractivity contribution in [1.29, 1.82) is 0 Å². The maximum atomic E-state index is 13.0. The molecule has 6 heteroatoms. The minimum absolute atomic E-state index is 0.153. The lowest BCUT2D eigenvalue weighted by Gasteiger charge is -2.18. The highest BCUT2D eigenvalue weighted by Gasteiger charge is 2.24. The van der Waals surface area contributed by atoms with Crippen LogP contribution in [-0.4, -0.2) is 30.4 Å². The Morgan fingerprint density at radius 1 is 0.574 bits per heavy atom. The standard InChI is InChI=1S/C41H72N2O4/c1-3-5-7-9-11-13-15-17-18-20-22-24-29-33-39(44)43-38(35-40(45)47-36-37-31-27-26-28-32-37)41(46)42-34-30-25-23-21-19-16-14-12-10-8-6-4-2/h26-28,31-32,38H,3-25,29-30,33-36H2,1-2H3,(H,42,46)(H,43,44)/t38-/m0/s1. The molecule has 1 rings (SSSR count). The molecule has 0 aliphatic carbocycles. The number of hydrogen-bond donors (Lipinski definition) is 2. The van der Waals surface area contributed by atoms with E-state index in [-0.39, 0.29) is 24.8 Å². The Kier molecular flexibility index (Phi) is 29.2. The van der Waals surface area contributed by atoms with Crippen LogP contribution >= 0.6 is 0 Å². The van der Waals surface area contributed by atoms with Gasteiger partial charge in [-0.1, -0.05) is 192 Å². The van der Waals surface area contributed by atoms with Gasteiger partial charge in [-0.05, 0) is 18.4 Å². The summed E-state index contributed by atoms with van der Waals surface area (Å²) in [4.78, 5) is 38.4. The smallest absolute Gasteiger partial charge is 0.308 e. The largest absolute Gasteiger partial charge is 0.461 e. The molecule has 0 saturated heterocycles. The molecular formula is C41H72N2O4. The highest BCUT2D eigenvalue weighted by atomic mass is 16.5. The van der Waals surface area contributed by atoms with E-state index in [2.05, 4.69) is 24.5 Å². The van der Waals surface area contributed by atoms with Crippen LogP contribution in [0.2, 0.25) is 0 Å². The van der Waals surface area contributed by atoms with Crippen LogP contribution < -0.4 is 10.6 Å². The van der Waals surface area contributed by atoms with Crippen molar-refractivity contribution in [2.45, 2.75) is 200 Å². The Labute approximate surface area is 289 Å². The predicted octanol–water partition coefficient (Wildman–Crippen LogP) is 10.9. The minimum Gasteiger partial charge on any atom is -0.461 e. The van der Waals surface area contributed by atoms with Crippen LogP contribution in [0.25, 0.3) is 0 Å². The molecule has 0 bridgehead atoms. The van der Waals surface area contributed by atoms with E-state index in [9.17, 15) is 14.4 Å². The van der Waals surface area contributed by atoms with Gasteiger partial charge in [-0.15, -0.1) is 0 Å². The van der Waals surface area contributed by atoms with Crippen molar-refractivity contribution >= 4 is 17.8 Å². The number of nitrogens with one attached hydrogen (secondary N) is 2. The zero-order chi connectivity index (χ0) is 34.0. The van der Waals surface area contributed by atoms with Crippen molar-refractivity contribution in [3.63, 3.8) is 0 Å². The highest BCUT2D eigenvalue weighted by Crippen LogP contribution is 2.14. The molecule has 1 aromatic carbocycles. The second-order valence-corrected chi connectivity index (χ2v) is 13.6.